The largest absolute Gasteiger partial charge is 0.333 e. The first-order chi connectivity index (χ1) is 10.3. The summed E-state index contributed by atoms with van der Waals surface area (Å²) < 4.78 is 2.13. The van der Waals surface area contributed by atoms with E-state index in [2.05, 4.69) is 40.6 Å². The van der Waals surface area contributed by atoms with Crippen LogP contribution in [0.5, 0.6) is 0 Å². The molecule has 1 heterocycles. The van der Waals surface area contributed by atoms with E-state index in [-0.39, 0.29) is 0 Å². The maximum atomic E-state index is 6.12. The Balaban J connectivity index is 0.000000774. The zero-order valence-electron chi connectivity index (χ0n) is 11.9. The van der Waals surface area contributed by atoms with Gasteiger partial charge in [0, 0.05) is 17.6 Å². The van der Waals surface area contributed by atoms with E-state index in [1.54, 1.807) is 0 Å². The second-order valence-corrected chi connectivity index (χ2v) is 4.83. The normalized spacial score (nSPS) is 9.81. The average molecular weight is 297 g/mol. The fourth-order valence-corrected chi connectivity index (χ4v) is 2.48. The molecule has 106 valence electrons. The van der Waals surface area contributed by atoms with Crippen LogP contribution in [0.25, 0.3) is 16.6 Å². The molecule has 0 fully saturated rings. The summed E-state index contributed by atoms with van der Waals surface area (Å²) in [5, 5.41) is 1.92. The molecule has 0 aliphatic carbocycles. The summed E-state index contributed by atoms with van der Waals surface area (Å²) in [4.78, 5) is 0. The molecule has 0 saturated heterocycles. The van der Waals surface area contributed by atoms with Gasteiger partial charge in [0.05, 0.1) is 11.2 Å². The van der Waals surface area contributed by atoms with E-state index in [4.69, 9.17) is 18.0 Å². The summed E-state index contributed by atoms with van der Waals surface area (Å²) in [6, 6.07) is 16.2. The van der Waals surface area contributed by atoms with Gasteiger partial charge in [0.15, 0.2) is 0 Å². The lowest BCUT2D eigenvalue weighted by atomic mass is 10.1. The SMILES string of the molecule is C#CCc1ccc(Cl)cc1-n1ccc2ccccc21.CN. The fraction of sp³-hybridized carbons (Fsp3) is 0.111. The number of aromatic nitrogens is 1. The van der Waals surface area contributed by atoms with Crippen molar-refractivity contribution in [3.8, 4) is 18.0 Å². The van der Waals surface area contributed by atoms with Crippen LogP contribution >= 0.6 is 11.6 Å². The number of hydrogen-bond donors (Lipinski definition) is 1. The topological polar surface area (TPSA) is 30.9 Å². The van der Waals surface area contributed by atoms with Crippen molar-refractivity contribution in [2.75, 3.05) is 7.05 Å². The highest BCUT2D eigenvalue weighted by molar-refractivity contribution is 6.30. The lowest BCUT2D eigenvalue weighted by Gasteiger charge is -2.11. The van der Waals surface area contributed by atoms with Gasteiger partial charge in [0.25, 0.3) is 0 Å². The summed E-state index contributed by atoms with van der Waals surface area (Å²) in [5.74, 6) is 2.70. The van der Waals surface area contributed by atoms with Crippen LogP contribution in [0.4, 0.5) is 0 Å². The van der Waals surface area contributed by atoms with Crippen LogP contribution < -0.4 is 5.73 Å². The molecule has 0 saturated carbocycles. The zero-order chi connectivity index (χ0) is 15.2. The second-order valence-electron chi connectivity index (χ2n) is 4.40. The summed E-state index contributed by atoms with van der Waals surface area (Å²) in [7, 11) is 1.50. The molecule has 21 heavy (non-hydrogen) atoms. The molecule has 0 atom stereocenters. The van der Waals surface area contributed by atoms with Gasteiger partial charge in [-0.2, -0.15) is 0 Å². The minimum Gasteiger partial charge on any atom is -0.333 e. The Hall–Kier alpha value is -2.21. The summed E-state index contributed by atoms with van der Waals surface area (Å²) in [6.07, 6.45) is 8.09. The van der Waals surface area contributed by atoms with Crippen LogP contribution in [0, 0.1) is 12.3 Å². The third-order valence-corrected chi connectivity index (χ3v) is 3.43. The Bertz CT molecular complexity index is 781. The van der Waals surface area contributed by atoms with Crippen molar-refractivity contribution in [2.24, 2.45) is 5.73 Å². The fourth-order valence-electron chi connectivity index (χ4n) is 2.31. The van der Waals surface area contributed by atoms with Crippen molar-refractivity contribution in [3.05, 3.63) is 65.3 Å². The van der Waals surface area contributed by atoms with Crippen molar-refractivity contribution >= 4 is 22.5 Å². The standard InChI is InChI=1S/C17H12ClN.CH5N/c1-2-5-13-8-9-15(18)12-17(13)19-11-10-14-6-3-4-7-16(14)19;1-2/h1,3-4,6-12H,5H2;2H2,1H3. The first-order valence-electron chi connectivity index (χ1n) is 6.65. The van der Waals surface area contributed by atoms with E-state index in [0.29, 0.717) is 11.4 Å². The van der Waals surface area contributed by atoms with Crippen LogP contribution in [0.3, 0.4) is 0 Å². The maximum absolute atomic E-state index is 6.12. The Kier molecular flexibility index (Phi) is 5.05. The van der Waals surface area contributed by atoms with Crippen LogP contribution in [-0.2, 0) is 6.42 Å². The minimum absolute atomic E-state index is 0.596. The van der Waals surface area contributed by atoms with Gasteiger partial charge < -0.3 is 10.3 Å². The van der Waals surface area contributed by atoms with Crippen molar-refractivity contribution < 1.29 is 0 Å². The van der Waals surface area contributed by atoms with E-state index in [1.165, 1.54) is 12.4 Å². The van der Waals surface area contributed by atoms with E-state index < -0.39 is 0 Å². The Morgan fingerprint density at radius 3 is 2.67 bits per heavy atom. The third-order valence-electron chi connectivity index (χ3n) is 3.20. The number of halogens is 1. The van der Waals surface area contributed by atoms with E-state index >= 15 is 0 Å². The molecule has 1 aromatic heterocycles. The van der Waals surface area contributed by atoms with Gasteiger partial charge in [-0.1, -0.05) is 35.9 Å². The van der Waals surface area contributed by atoms with Gasteiger partial charge in [-0.3, -0.25) is 0 Å². The van der Waals surface area contributed by atoms with Crippen molar-refractivity contribution in [1.82, 2.24) is 4.57 Å². The Morgan fingerprint density at radius 2 is 1.90 bits per heavy atom. The number of nitrogens with zero attached hydrogens (tertiary/aromatic N) is 1. The highest BCUT2D eigenvalue weighted by Gasteiger charge is 2.07. The van der Waals surface area contributed by atoms with Gasteiger partial charge in [-0.05, 0) is 42.3 Å². The van der Waals surface area contributed by atoms with Gasteiger partial charge in [0.1, 0.15) is 0 Å². The Morgan fingerprint density at radius 1 is 1.14 bits per heavy atom. The molecule has 3 aromatic rings. The summed E-state index contributed by atoms with van der Waals surface area (Å²) in [5.41, 5.74) is 7.81. The molecule has 0 bridgehead atoms. The monoisotopic (exact) mass is 296 g/mol. The molecule has 0 spiro atoms. The van der Waals surface area contributed by atoms with E-state index in [1.807, 2.05) is 30.3 Å². The number of rotatable bonds is 2. The number of fused-ring (bicyclic) bond motifs is 1. The smallest absolute Gasteiger partial charge is 0.0528 e. The molecule has 0 unspecified atom stereocenters. The molecule has 0 amide bonds. The number of para-hydroxylation sites is 1. The van der Waals surface area contributed by atoms with E-state index in [9.17, 15) is 0 Å². The molecule has 0 radical (unpaired) electrons. The number of terminal acetylenes is 1. The summed E-state index contributed by atoms with van der Waals surface area (Å²) >= 11 is 6.12. The van der Waals surface area contributed by atoms with Crippen LogP contribution in [0.2, 0.25) is 5.02 Å². The van der Waals surface area contributed by atoms with Crippen molar-refractivity contribution in [1.29, 1.82) is 0 Å². The molecular formula is C18H17ClN2. The molecule has 3 heteroatoms. The lowest BCUT2D eigenvalue weighted by molar-refractivity contribution is 1.09. The van der Waals surface area contributed by atoms with Gasteiger partial charge in [0.2, 0.25) is 0 Å². The lowest BCUT2D eigenvalue weighted by Crippen LogP contribution is -1.98. The third kappa shape index (κ3) is 3.11. The predicted octanol–water partition coefficient (Wildman–Crippen LogP) is 4.03. The number of hydrogen-bond acceptors (Lipinski definition) is 1. The van der Waals surface area contributed by atoms with E-state index in [0.717, 1.165) is 16.8 Å². The maximum Gasteiger partial charge on any atom is 0.0528 e. The van der Waals surface area contributed by atoms with Crippen LogP contribution in [0.1, 0.15) is 5.56 Å². The molecule has 2 nitrogen and oxygen atoms in total. The van der Waals surface area contributed by atoms with Crippen molar-refractivity contribution in [2.45, 2.75) is 6.42 Å². The molecule has 3 rings (SSSR count). The molecule has 0 aliphatic rings. The van der Waals surface area contributed by atoms with Crippen molar-refractivity contribution in [3.63, 3.8) is 0 Å². The van der Waals surface area contributed by atoms with Gasteiger partial charge in [-0.25, -0.2) is 0 Å². The van der Waals surface area contributed by atoms with Crippen LogP contribution in [-0.4, -0.2) is 11.6 Å². The highest BCUT2D eigenvalue weighted by Crippen LogP contribution is 2.25. The number of benzene rings is 2. The van der Waals surface area contributed by atoms with Gasteiger partial charge in [-0.15, -0.1) is 12.3 Å². The molecule has 2 aromatic carbocycles. The number of nitrogens with two attached hydrogens (primary N) is 1. The first kappa shape index (κ1) is 15.2. The average Bonchev–Trinajstić information content (AvgIpc) is 2.95. The summed E-state index contributed by atoms with van der Waals surface area (Å²) in [6.45, 7) is 0. The highest BCUT2D eigenvalue weighted by atomic mass is 35.5. The minimum atomic E-state index is 0.596. The molecular weight excluding hydrogens is 280 g/mol. The van der Waals surface area contributed by atoms with Gasteiger partial charge >= 0.3 is 0 Å². The first-order valence-corrected chi connectivity index (χ1v) is 7.03. The van der Waals surface area contributed by atoms with Crippen LogP contribution in [0.15, 0.2) is 54.7 Å². The quantitative estimate of drug-likeness (QED) is 0.711. The molecule has 0 aliphatic heterocycles. The predicted molar refractivity (Wildman–Crippen MR) is 90.9 cm³/mol. The molecule has 2 N–H and O–H groups in total. The Labute approximate surface area is 130 Å². The zero-order valence-corrected chi connectivity index (χ0v) is 12.6. The second kappa shape index (κ2) is 6.99.